The lowest BCUT2D eigenvalue weighted by Crippen LogP contribution is -2.22. The van der Waals surface area contributed by atoms with Crippen LogP contribution in [0.4, 0.5) is 8.78 Å². The van der Waals surface area contributed by atoms with Crippen LogP contribution < -0.4 is 5.32 Å². The van der Waals surface area contributed by atoms with Crippen LogP contribution in [-0.4, -0.2) is 19.9 Å². The molecule has 2 atom stereocenters. The molecule has 1 heterocycles. The first-order valence-electron chi connectivity index (χ1n) is 3.51. The number of ether oxygens (including phenoxy) is 1. The van der Waals surface area contributed by atoms with Gasteiger partial charge in [0.15, 0.2) is 0 Å². The summed E-state index contributed by atoms with van der Waals surface area (Å²) < 4.78 is 28.4. The van der Waals surface area contributed by atoms with E-state index in [0.717, 1.165) is 6.08 Å². The molecule has 11 heavy (non-hydrogen) atoms. The lowest BCUT2D eigenvalue weighted by atomic mass is 10.1. The van der Waals surface area contributed by atoms with Crippen LogP contribution in [0.2, 0.25) is 0 Å². The number of hydrogen-bond donors (Lipinski definition) is 1. The maximum Gasteiger partial charge on any atom is 0.266 e. The zero-order chi connectivity index (χ0) is 8.27. The number of halogens is 2. The van der Waals surface area contributed by atoms with Crippen molar-refractivity contribution in [1.82, 2.24) is 5.32 Å². The highest BCUT2D eigenvalue weighted by Gasteiger charge is 2.22. The Bertz CT molecular complexity index is 157. The Labute approximate surface area is 64.2 Å². The SMILES string of the molecule is COC1CC(C=C(F)F)CN1. The quantitative estimate of drug-likeness (QED) is 0.663. The molecule has 0 radical (unpaired) electrons. The first-order chi connectivity index (χ1) is 5.22. The predicted octanol–water partition coefficient (Wildman–Crippen LogP) is 1.35. The van der Waals surface area contributed by atoms with Crippen LogP contribution >= 0.6 is 0 Å². The second-order valence-corrected chi connectivity index (χ2v) is 2.58. The molecule has 0 saturated carbocycles. The van der Waals surface area contributed by atoms with Crippen molar-refractivity contribution < 1.29 is 13.5 Å². The van der Waals surface area contributed by atoms with Crippen molar-refractivity contribution in [3.63, 3.8) is 0 Å². The van der Waals surface area contributed by atoms with Crippen molar-refractivity contribution in [1.29, 1.82) is 0 Å². The van der Waals surface area contributed by atoms with E-state index in [1.165, 1.54) is 0 Å². The van der Waals surface area contributed by atoms with E-state index in [1.54, 1.807) is 7.11 Å². The number of nitrogens with one attached hydrogen (secondary N) is 1. The third kappa shape index (κ3) is 2.55. The molecule has 0 aromatic rings. The molecule has 0 spiro atoms. The summed E-state index contributed by atoms with van der Waals surface area (Å²) >= 11 is 0. The van der Waals surface area contributed by atoms with Gasteiger partial charge in [-0.25, -0.2) is 0 Å². The van der Waals surface area contributed by atoms with E-state index in [1.807, 2.05) is 0 Å². The molecular weight excluding hydrogens is 152 g/mol. The van der Waals surface area contributed by atoms with E-state index in [0.29, 0.717) is 13.0 Å². The van der Waals surface area contributed by atoms with Gasteiger partial charge in [0.05, 0.1) is 0 Å². The lowest BCUT2D eigenvalue weighted by molar-refractivity contribution is 0.0894. The average Bonchev–Trinajstić information content (AvgIpc) is 2.34. The Morgan fingerprint density at radius 2 is 2.36 bits per heavy atom. The van der Waals surface area contributed by atoms with Crippen molar-refractivity contribution in [2.45, 2.75) is 12.6 Å². The molecule has 2 unspecified atom stereocenters. The van der Waals surface area contributed by atoms with Gasteiger partial charge in [0.1, 0.15) is 6.23 Å². The van der Waals surface area contributed by atoms with Crippen molar-refractivity contribution in [2.24, 2.45) is 5.92 Å². The van der Waals surface area contributed by atoms with E-state index in [-0.39, 0.29) is 12.1 Å². The van der Waals surface area contributed by atoms with Gasteiger partial charge in [-0.15, -0.1) is 0 Å². The van der Waals surface area contributed by atoms with E-state index in [9.17, 15) is 8.78 Å². The molecule has 0 aliphatic carbocycles. The van der Waals surface area contributed by atoms with Gasteiger partial charge in [0, 0.05) is 13.7 Å². The highest BCUT2D eigenvalue weighted by molar-refractivity contribution is 4.93. The Morgan fingerprint density at radius 1 is 1.64 bits per heavy atom. The van der Waals surface area contributed by atoms with Crippen LogP contribution in [0.3, 0.4) is 0 Å². The molecule has 0 amide bonds. The highest BCUT2D eigenvalue weighted by atomic mass is 19.3. The summed E-state index contributed by atoms with van der Waals surface area (Å²) in [6.45, 7) is 0.579. The van der Waals surface area contributed by atoms with E-state index < -0.39 is 6.08 Å². The summed E-state index contributed by atoms with van der Waals surface area (Å²) in [6, 6.07) is 0. The molecular formula is C7H11F2NO. The zero-order valence-electron chi connectivity index (χ0n) is 6.31. The van der Waals surface area contributed by atoms with Crippen molar-refractivity contribution in [3.05, 3.63) is 12.2 Å². The topological polar surface area (TPSA) is 21.3 Å². The van der Waals surface area contributed by atoms with Crippen LogP contribution in [-0.2, 0) is 4.74 Å². The first-order valence-corrected chi connectivity index (χ1v) is 3.51. The van der Waals surface area contributed by atoms with Crippen LogP contribution in [0.5, 0.6) is 0 Å². The minimum Gasteiger partial charge on any atom is -0.367 e. The standard InChI is InChI=1S/C7H11F2NO/c1-11-7-3-5(4-10-7)2-6(8)9/h2,5,7,10H,3-4H2,1H3. The van der Waals surface area contributed by atoms with Gasteiger partial charge >= 0.3 is 0 Å². The van der Waals surface area contributed by atoms with Gasteiger partial charge in [0.2, 0.25) is 0 Å². The first kappa shape index (κ1) is 8.62. The molecule has 64 valence electrons. The van der Waals surface area contributed by atoms with Gasteiger partial charge in [-0.3, -0.25) is 5.32 Å². The van der Waals surface area contributed by atoms with Crippen molar-refractivity contribution in [2.75, 3.05) is 13.7 Å². The summed E-state index contributed by atoms with van der Waals surface area (Å²) in [4.78, 5) is 0. The maximum atomic E-state index is 11.7. The predicted molar refractivity (Wildman–Crippen MR) is 37.2 cm³/mol. The van der Waals surface area contributed by atoms with Crippen molar-refractivity contribution in [3.8, 4) is 0 Å². The molecule has 4 heteroatoms. The molecule has 1 N–H and O–H groups in total. The highest BCUT2D eigenvalue weighted by Crippen LogP contribution is 2.17. The molecule has 0 aromatic heterocycles. The number of rotatable bonds is 2. The summed E-state index contributed by atoms with van der Waals surface area (Å²) in [6.07, 6.45) is -0.0518. The summed E-state index contributed by atoms with van der Waals surface area (Å²) in [5, 5.41) is 2.96. The third-order valence-electron chi connectivity index (χ3n) is 1.77. The maximum absolute atomic E-state index is 11.7. The summed E-state index contributed by atoms with van der Waals surface area (Å²) in [7, 11) is 1.57. The fourth-order valence-electron chi connectivity index (χ4n) is 1.21. The minimum absolute atomic E-state index is 0.0596. The van der Waals surface area contributed by atoms with Crippen LogP contribution in [0.25, 0.3) is 0 Å². The monoisotopic (exact) mass is 163 g/mol. The number of methoxy groups -OCH3 is 1. The van der Waals surface area contributed by atoms with E-state index in [4.69, 9.17) is 4.74 Å². The molecule has 0 aromatic carbocycles. The molecule has 1 aliphatic rings. The van der Waals surface area contributed by atoms with Crippen LogP contribution in [0.1, 0.15) is 6.42 Å². The van der Waals surface area contributed by atoms with E-state index in [2.05, 4.69) is 5.32 Å². The van der Waals surface area contributed by atoms with E-state index >= 15 is 0 Å². The second kappa shape index (κ2) is 3.78. The van der Waals surface area contributed by atoms with Crippen LogP contribution in [0, 0.1) is 5.92 Å². The van der Waals surface area contributed by atoms with Crippen LogP contribution in [0.15, 0.2) is 12.2 Å². The second-order valence-electron chi connectivity index (χ2n) is 2.58. The zero-order valence-corrected chi connectivity index (χ0v) is 6.31. The Kier molecular flexibility index (Phi) is 2.96. The Hall–Kier alpha value is -0.480. The molecule has 1 fully saturated rings. The molecule has 2 nitrogen and oxygen atoms in total. The molecule has 1 saturated heterocycles. The molecule has 1 rings (SSSR count). The summed E-state index contributed by atoms with van der Waals surface area (Å²) in [5.41, 5.74) is 0. The van der Waals surface area contributed by atoms with Gasteiger partial charge in [-0.2, -0.15) is 8.78 Å². The van der Waals surface area contributed by atoms with Gasteiger partial charge in [-0.05, 0) is 18.4 Å². The third-order valence-corrected chi connectivity index (χ3v) is 1.77. The average molecular weight is 163 g/mol. The molecule has 0 bridgehead atoms. The Balaban J connectivity index is 2.36. The fourth-order valence-corrected chi connectivity index (χ4v) is 1.21. The normalized spacial score (nSPS) is 30.5. The van der Waals surface area contributed by atoms with Gasteiger partial charge < -0.3 is 4.74 Å². The van der Waals surface area contributed by atoms with Crippen molar-refractivity contribution >= 4 is 0 Å². The lowest BCUT2D eigenvalue weighted by Gasteiger charge is -2.05. The smallest absolute Gasteiger partial charge is 0.266 e. The Morgan fingerprint density at radius 3 is 2.82 bits per heavy atom. The summed E-state index contributed by atoms with van der Waals surface area (Å²) in [5.74, 6) is -0.0788. The largest absolute Gasteiger partial charge is 0.367 e. The van der Waals surface area contributed by atoms with Gasteiger partial charge in [0.25, 0.3) is 6.08 Å². The molecule has 1 aliphatic heterocycles. The fraction of sp³-hybridized carbons (Fsp3) is 0.714. The van der Waals surface area contributed by atoms with Gasteiger partial charge in [-0.1, -0.05) is 0 Å². The number of hydrogen-bond acceptors (Lipinski definition) is 2. The minimum atomic E-state index is -1.60.